The molecule has 16 heteroatoms. The Morgan fingerprint density at radius 3 is 0.844 bits per heavy atom. The Morgan fingerprint density at radius 2 is 0.578 bits per heavy atom. The molecule has 0 bridgehead atoms. The Balaban J connectivity index is 6.45. The van der Waals surface area contributed by atoms with Crippen molar-refractivity contribution in [3.8, 4) is 0 Å². The molecule has 0 spiro atoms. The van der Waals surface area contributed by atoms with E-state index < -0.39 is 53.0 Å². The Labute approximate surface area is 274 Å². The molecule has 0 radical (unpaired) electrons. The van der Waals surface area contributed by atoms with E-state index in [1.807, 2.05) is 6.92 Å². The zero-order chi connectivity index (χ0) is 34.6. The Hall–Kier alpha value is 0.600. The van der Waals surface area contributed by atoms with Gasteiger partial charge in [0.05, 0.1) is 75.5 Å². The van der Waals surface area contributed by atoms with Gasteiger partial charge in [-0.05, 0) is 100 Å². The summed E-state index contributed by atoms with van der Waals surface area (Å²) in [4.78, 5) is 0. The van der Waals surface area contributed by atoms with Crippen molar-refractivity contribution in [1.82, 2.24) is 0 Å². The fraction of sp³-hybridized carbons (Fsp3) is 1.00. The van der Waals surface area contributed by atoms with E-state index in [1.165, 1.54) is 0 Å². The topological polar surface area (TPSA) is 142 Å². The van der Waals surface area contributed by atoms with Crippen LogP contribution in [0.4, 0.5) is 0 Å². The molecule has 0 heterocycles. The van der Waals surface area contributed by atoms with E-state index in [1.54, 1.807) is 62.3 Å². The van der Waals surface area contributed by atoms with Crippen LogP contribution >= 0.6 is 30.4 Å². The van der Waals surface area contributed by atoms with Gasteiger partial charge in [-0.15, -0.1) is 0 Å². The average Bonchev–Trinajstić information content (AvgIpc) is 2.96. The van der Waals surface area contributed by atoms with Crippen molar-refractivity contribution in [3.05, 3.63) is 0 Å². The van der Waals surface area contributed by atoms with E-state index in [0.717, 1.165) is 0 Å². The monoisotopic (exact) mass is 728 g/mol. The molecule has 4 atom stereocenters. The van der Waals surface area contributed by atoms with Gasteiger partial charge in [-0.3, -0.25) is 18.3 Å². The van der Waals surface area contributed by atoms with Gasteiger partial charge in [-0.1, -0.05) is 13.8 Å². The molecule has 0 aromatic rings. The zero-order valence-electron chi connectivity index (χ0n) is 29.6. The van der Waals surface area contributed by atoms with Crippen molar-refractivity contribution >= 4 is 30.4 Å². The lowest BCUT2D eigenvalue weighted by Gasteiger charge is -2.32. The third kappa shape index (κ3) is 14.9. The van der Waals surface area contributed by atoms with Gasteiger partial charge in [0.2, 0.25) is 0 Å². The van der Waals surface area contributed by atoms with Crippen LogP contribution in [-0.2, 0) is 54.5 Å². The minimum absolute atomic E-state index is 0.182. The van der Waals surface area contributed by atoms with Gasteiger partial charge in [0.1, 0.15) is 0 Å². The van der Waals surface area contributed by atoms with Gasteiger partial charge in [0.15, 0.2) is 0 Å². The zero-order valence-corrected chi connectivity index (χ0v) is 33.2. The SMILES string of the molecule is CCOP(=O)(OCC)C(C)CCC(CCC(CCC(CC)P(=O)(OCC)OCC)P(=O)(OCC)OCC)P(=O)(OCC)OCC. The summed E-state index contributed by atoms with van der Waals surface area (Å²) in [5, 5.41) is 0. The van der Waals surface area contributed by atoms with Crippen molar-refractivity contribution in [3.63, 3.8) is 0 Å². The number of hydrogen-bond donors (Lipinski definition) is 0. The van der Waals surface area contributed by atoms with Crippen LogP contribution in [0, 0.1) is 0 Å². The van der Waals surface area contributed by atoms with E-state index in [4.69, 9.17) is 36.2 Å². The van der Waals surface area contributed by atoms with Crippen molar-refractivity contribution in [2.45, 2.75) is 137 Å². The standard InChI is InChI=1S/C29H64O12P4/c1-11-27(43(31,36-14-4)37-15-5)22-23-29(45(33,40-18-8)41-19-9)25-24-28(44(32,38-16-6)39-17-7)21-20-26(10)42(30,34-12-2)35-13-3/h26-29H,11-25H2,1-10H3. The predicted octanol–water partition coefficient (Wildman–Crippen LogP) is 10.3. The summed E-state index contributed by atoms with van der Waals surface area (Å²) in [6.45, 7) is 19.5. The highest BCUT2D eigenvalue weighted by Crippen LogP contribution is 2.62. The van der Waals surface area contributed by atoms with Crippen LogP contribution in [0.5, 0.6) is 0 Å². The molecule has 0 rings (SSSR count). The summed E-state index contributed by atoms with van der Waals surface area (Å²) in [5.41, 5.74) is -2.03. The van der Waals surface area contributed by atoms with Crippen LogP contribution < -0.4 is 0 Å². The molecule has 0 aromatic carbocycles. The highest BCUT2D eigenvalue weighted by Gasteiger charge is 2.43. The Bertz CT molecular complexity index is 926. The molecule has 0 aliphatic carbocycles. The molecule has 0 aliphatic heterocycles. The van der Waals surface area contributed by atoms with E-state index in [0.29, 0.717) is 44.9 Å². The molecule has 4 unspecified atom stereocenters. The van der Waals surface area contributed by atoms with Crippen LogP contribution in [0.15, 0.2) is 0 Å². The molecular formula is C29H64O12P4. The van der Waals surface area contributed by atoms with Gasteiger partial charge in [-0.2, -0.15) is 0 Å². The quantitative estimate of drug-likeness (QED) is 0.0650. The van der Waals surface area contributed by atoms with Gasteiger partial charge in [-0.25, -0.2) is 0 Å². The maximum absolute atomic E-state index is 14.2. The first-order valence-electron chi connectivity index (χ1n) is 16.8. The first-order valence-corrected chi connectivity index (χ1v) is 23.3. The predicted molar refractivity (Wildman–Crippen MR) is 182 cm³/mol. The summed E-state index contributed by atoms with van der Waals surface area (Å²) >= 11 is 0. The molecule has 0 aromatic heterocycles. The summed E-state index contributed by atoms with van der Waals surface area (Å²) in [6.07, 6.45) is 2.68. The van der Waals surface area contributed by atoms with Gasteiger partial charge in [0.25, 0.3) is 0 Å². The highest BCUT2D eigenvalue weighted by molar-refractivity contribution is 7.55. The van der Waals surface area contributed by atoms with Crippen LogP contribution in [0.1, 0.15) is 114 Å². The second kappa shape index (κ2) is 23.9. The van der Waals surface area contributed by atoms with Crippen molar-refractivity contribution in [2.24, 2.45) is 0 Å². The normalized spacial score (nSPS) is 16.0. The van der Waals surface area contributed by atoms with Gasteiger partial charge >= 0.3 is 30.4 Å². The van der Waals surface area contributed by atoms with Crippen LogP contribution in [0.2, 0.25) is 0 Å². The van der Waals surface area contributed by atoms with Crippen molar-refractivity contribution in [1.29, 1.82) is 0 Å². The molecule has 272 valence electrons. The third-order valence-corrected chi connectivity index (χ3v) is 18.0. The first kappa shape index (κ1) is 45.6. The maximum atomic E-state index is 14.2. The third-order valence-electron chi connectivity index (χ3n) is 7.41. The lowest BCUT2D eigenvalue weighted by molar-refractivity contribution is 0.197. The second-order valence-electron chi connectivity index (χ2n) is 10.5. The minimum atomic E-state index is -3.63. The van der Waals surface area contributed by atoms with Crippen molar-refractivity contribution < 1.29 is 54.5 Å². The van der Waals surface area contributed by atoms with E-state index in [-0.39, 0.29) is 52.9 Å². The lowest BCUT2D eigenvalue weighted by Crippen LogP contribution is -2.22. The van der Waals surface area contributed by atoms with E-state index in [9.17, 15) is 18.3 Å². The molecule has 0 fully saturated rings. The van der Waals surface area contributed by atoms with Crippen LogP contribution in [-0.4, -0.2) is 75.5 Å². The van der Waals surface area contributed by atoms with Gasteiger partial charge < -0.3 is 36.2 Å². The largest absolute Gasteiger partial charge is 0.333 e. The van der Waals surface area contributed by atoms with Crippen LogP contribution in [0.25, 0.3) is 0 Å². The number of hydrogen-bond acceptors (Lipinski definition) is 12. The first-order chi connectivity index (χ1) is 21.3. The minimum Gasteiger partial charge on any atom is -0.309 e. The molecular weight excluding hydrogens is 664 g/mol. The average molecular weight is 729 g/mol. The summed E-state index contributed by atoms with van der Waals surface area (Å²) in [5.74, 6) is 0. The molecule has 0 aliphatic rings. The summed E-state index contributed by atoms with van der Waals surface area (Å²) in [6, 6.07) is 0. The lowest BCUT2D eigenvalue weighted by atomic mass is 10.0. The second-order valence-corrected chi connectivity index (χ2v) is 19.9. The maximum Gasteiger partial charge on any atom is 0.333 e. The highest BCUT2D eigenvalue weighted by atomic mass is 31.2. The molecule has 0 amide bonds. The Kier molecular flexibility index (Phi) is 24.2. The smallest absolute Gasteiger partial charge is 0.309 e. The molecule has 0 saturated carbocycles. The van der Waals surface area contributed by atoms with Gasteiger partial charge in [0, 0.05) is 0 Å². The fourth-order valence-electron chi connectivity index (χ4n) is 5.34. The molecule has 0 N–H and O–H groups in total. The molecule has 45 heavy (non-hydrogen) atoms. The summed E-state index contributed by atoms with van der Waals surface area (Å²) < 4.78 is 101. The molecule has 0 saturated heterocycles. The van der Waals surface area contributed by atoms with E-state index in [2.05, 4.69) is 0 Å². The van der Waals surface area contributed by atoms with Crippen molar-refractivity contribution in [2.75, 3.05) is 52.9 Å². The molecule has 12 nitrogen and oxygen atoms in total. The number of rotatable bonds is 30. The fourth-order valence-corrected chi connectivity index (χ4v) is 13.5. The van der Waals surface area contributed by atoms with E-state index >= 15 is 0 Å². The summed E-state index contributed by atoms with van der Waals surface area (Å²) in [7, 11) is -14.1. The Morgan fingerprint density at radius 1 is 0.356 bits per heavy atom. The van der Waals surface area contributed by atoms with Crippen LogP contribution in [0.3, 0.4) is 0 Å².